The fraction of sp³-hybridized carbons (Fsp3) is 0. The Morgan fingerprint density at radius 1 is 0.478 bits per heavy atom. The van der Waals surface area contributed by atoms with Crippen LogP contribution in [0.3, 0.4) is 0 Å². The number of oxazole rings is 1. The van der Waals surface area contributed by atoms with Gasteiger partial charge in [-0.3, -0.25) is 0 Å². The van der Waals surface area contributed by atoms with Crippen molar-refractivity contribution >= 4 is 92.4 Å². The van der Waals surface area contributed by atoms with Gasteiger partial charge in [0.15, 0.2) is 5.58 Å². The second-order valence-electron chi connectivity index (χ2n) is 11.6. The molecule has 0 bridgehead atoms. The second-order valence-corrected chi connectivity index (χ2v) is 12.6. The third-order valence-corrected chi connectivity index (χ3v) is 10.0. The first kappa shape index (κ1) is 25.4. The lowest BCUT2D eigenvalue weighted by atomic mass is 10.0. The molecule has 0 aliphatic heterocycles. The molecule has 0 unspecified atom stereocenters. The molecular weight excluding hydrogens is 585 g/mol. The third-order valence-electron chi connectivity index (χ3n) is 8.89. The van der Waals surface area contributed by atoms with E-state index in [1.54, 1.807) is 0 Å². The van der Waals surface area contributed by atoms with Crippen molar-refractivity contribution in [2.24, 2.45) is 0 Å². The molecule has 0 spiro atoms. The molecule has 7 aromatic carbocycles. The molecule has 0 N–H and O–H groups in total. The van der Waals surface area contributed by atoms with Crippen LogP contribution in [0, 0.1) is 0 Å². The SMILES string of the molecule is c1ccc(-c2nc3ccc4c(N(c5ccc6c(c5)oc5ccccc56)c5ccc6sc7ccccc7c6c5)cccc4c3o2)cc1. The van der Waals surface area contributed by atoms with Crippen LogP contribution < -0.4 is 4.90 Å². The van der Waals surface area contributed by atoms with Crippen LogP contribution in [-0.2, 0) is 0 Å². The normalized spacial score (nSPS) is 11.9. The maximum absolute atomic E-state index is 6.46. The third kappa shape index (κ3) is 3.82. The number of anilines is 3. The van der Waals surface area contributed by atoms with E-state index in [1.165, 1.54) is 20.2 Å². The summed E-state index contributed by atoms with van der Waals surface area (Å²) in [6, 6.07) is 50.9. The fourth-order valence-electron chi connectivity index (χ4n) is 6.76. The lowest BCUT2D eigenvalue weighted by molar-refractivity contribution is 0.623. The van der Waals surface area contributed by atoms with Crippen LogP contribution >= 0.6 is 11.3 Å². The van der Waals surface area contributed by atoms with E-state index in [1.807, 2.05) is 53.8 Å². The van der Waals surface area contributed by atoms with Crippen LogP contribution in [0.25, 0.3) is 75.4 Å². The molecule has 46 heavy (non-hydrogen) atoms. The number of furan rings is 1. The van der Waals surface area contributed by atoms with Crippen molar-refractivity contribution in [3.63, 3.8) is 0 Å². The minimum absolute atomic E-state index is 0.621. The summed E-state index contributed by atoms with van der Waals surface area (Å²) in [5.41, 5.74) is 7.46. The second kappa shape index (κ2) is 9.80. The van der Waals surface area contributed by atoms with Gasteiger partial charge in [-0.25, -0.2) is 4.98 Å². The van der Waals surface area contributed by atoms with E-state index in [-0.39, 0.29) is 0 Å². The van der Waals surface area contributed by atoms with Crippen LogP contribution in [-0.4, -0.2) is 4.98 Å². The van der Waals surface area contributed by atoms with Gasteiger partial charge in [0.05, 0.1) is 5.69 Å². The molecule has 4 nitrogen and oxygen atoms in total. The van der Waals surface area contributed by atoms with Crippen LogP contribution in [0.5, 0.6) is 0 Å². The Hall–Kier alpha value is -5.91. The number of rotatable bonds is 4. The molecule has 3 aromatic heterocycles. The van der Waals surface area contributed by atoms with Crippen molar-refractivity contribution < 1.29 is 8.83 Å². The van der Waals surface area contributed by atoms with Gasteiger partial charge >= 0.3 is 0 Å². The van der Waals surface area contributed by atoms with Crippen molar-refractivity contribution in [1.82, 2.24) is 4.98 Å². The Labute approximate surface area is 267 Å². The first-order valence-corrected chi connectivity index (χ1v) is 16.1. The number of fused-ring (bicyclic) bond motifs is 9. The van der Waals surface area contributed by atoms with Crippen LogP contribution in [0.2, 0.25) is 0 Å². The summed E-state index contributed by atoms with van der Waals surface area (Å²) < 4.78 is 15.4. The molecule has 0 saturated heterocycles. The predicted octanol–water partition coefficient (Wildman–Crippen LogP) is 12.4. The van der Waals surface area contributed by atoms with Crippen LogP contribution in [0.4, 0.5) is 17.1 Å². The highest BCUT2D eigenvalue weighted by Crippen LogP contribution is 2.45. The summed E-state index contributed by atoms with van der Waals surface area (Å²) >= 11 is 1.83. The Morgan fingerprint density at radius 3 is 2.13 bits per heavy atom. The molecule has 3 heterocycles. The highest BCUT2D eigenvalue weighted by atomic mass is 32.1. The number of para-hydroxylation sites is 1. The molecule has 0 fully saturated rings. The Balaban J connectivity index is 1.23. The summed E-state index contributed by atoms with van der Waals surface area (Å²) in [5, 5.41) is 6.83. The van der Waals surface area contributed by atoms with Gasteiger partial charge in [-0.05, 0) is 72.8 Å². The van der Waals surface area contributed by atoms with E-state index in [2.05, 4.69) is 108 Å². The molecule has 10 aromatic rings. The molecule has 10 rings (SSSR count). The summed E-state index contributed by atoms with van der Waals surface area (Å²) in [6.45, 7) is 0. The quantitative estimate of drug-likeness (QED) is 0.199. The molecule has 0 amide bonds. The predicted molar refractivity (Wildman–Crippen MR) is 192 cm³/mol. The van der Waals surface area contributed by atoms with Gasteiger partial charge in [0.1, 0.15) is 16.7 Å². The van der Waals surface area contributed by atoms with Crippen molar-refractivity contribution in [2.45, 2.75) is 0 Å². The van der Waals surface area contributed by atoms with Gasteiger partial charge in [0.2, 0.25) is 5.89 Å². The van der Waals surface area contributed by atoms with Gasteiger partial charge in [-0.2, -0.15) is 0 Å². The van der Waals surface area contributed by atoms with Crippen LogP contribution in [0.15, 0.2) is 154 Å². The summed E-state index contributed by atoms with van der Waals surface area (Å²) in [7, 11) is 0. The van der Waals surface area contributed by atoms with Gasteiger partial charge in [0.25, 0.3) is 0 Å². The summed E-state index contributed by atoms with van der Waals surface area (Å²) in [6.07, 6.45) is 0. The number of thiophene rings is 1. The number of aromatic nitrogens is 1. The largest absolute Gasteiger partial charge is 0.456 e. The molecule has 5 heteroatoms. The minimum atomic E-state index is 0.621. The molecule has 0 saturated carbocycles. The van der Waals surface area contributed by atoms with E-state index in [4.69, 9.17) is 13.8 Å². The lowest BCUT2D eigenvalue weighted by Gasteiger charge is -2.27. The maximum atomic E-state index is 6.46. The topological polar surface area (TPSA) is 42.4 Å². The first-order chi connectivity index (χ1) is 22.8. The summed E-state index contributed by atoms with van der Waals surface area (Å²) in [4.78, 5) is 7.18. The van der Waals surface area contributed by atoms with Gasteiger partial charge in [-0.1, -0.05) is 66.7 Å². The molecule has 216 valence electrons. The molecule has 0 atom stereocenters. The molecular formula is C41H24N2O2S. The molecule has 0 aliphatic rings. The average molecular weight is 609 g/mol. The average Bonchev–Trinajstić information content (AvgIpc) is 3.82. The summed E-state index contributed by atoms with van der Waals surface area (Å²) in [5.74, 6) is 0.621. The van der Waals surface area contributed by atoms with E-state index >= 15 is 0 Å². The van der Waals surface area contributed by atoms with Crippen LogP contribution in [0.1, 0.15) is 0 Å². The highest BCUT2D eigenvalue weighted by Gasteiger charge is 2.20. The number of hydrogen-bond donors (Lipinski definition) is 0. The van der Waals surface area contributed by atoms with Crippen molar-refractivity contribution in [1.29, 1.82) is 0 Å². The van der Waals surface area contributed by atoms with E-state index in [0.717, 1.165) is 66.4 Å². The molecule has 0 radical (unpaired) electrons. The zero-order valence-electron chi connectivity index (χ0n) is 24.5. The minimum Gasteiger partial charge on any atom is -0.456 e. The number of nitrogens with zero attached hydrogens (tertiary/aromatic N) is 2. The van der Waals surface area contributed by atoms with Gasteiger partial charge in [-0.15, -0.1) is 11.3 Å². The van der Waals surface area contributed by atoms with E-state index in [9.17, 15) is 0 Å². The van der Waals surface area contributed by atoms with Gasteiger partial charge in [0, 0.05) is 64.7 Å². The Bertz CT molecular complexity index is 2770. The first-order valence-electron chi connectivity index (χ1n) is 15.3. The van der Waals surface area contributed by atoms with Crippen molar-refractivity contribution in [3.8, 4) is 11.5 Å². The van der Waals surface area contributed by atoms with Crippen molar-refractivity contribution in [3.05, 3.63) is 146 Å². The van der Waals surface area contributed by atoms with Crippen molar-refractivity contribution in [2.75, 3.05) is 4.90 Å². The lowest BCUT2D eigenvalue weighted by Crippen LogP contribution is -2.10. The maximum Gasteiger partial charge on any atom is 0.227 e. The number of hydrogen-bond acceptors (Lipinski definition) is 5. The Kier molecular flexibility index (Phi) is 5.41. The standard InChI is InChI=1S/C41H24N2O2S/c1-2-9-25(10-3-1)41-42-34-21-20-28-32(40(34)45-41)13-8-14-35(28)43(26-18-22-39-33(23-26)31-12-5-7-16-38(31)46-39)27-17-19-30-29-11-4-6-15-36(29)44-37(30)24-27/h1-24H. The zero-order valence-corrected chi connectivity index (χ0v) is 25.3. The van der Waals surface area contributed by atoms with E-state index < -0.39 is 0 Å². The van der Waals surface area contributed by atoms with Gasteiger partial charge < -0.3 is 13.7 Å². The fourth-order valence-corrected chi connectivity index (χ4v) is 7.85. The zero-order chi connectivity index (χ0) is 30.2. The Morgan fingerprint density at radius 2 is 1.20 bits per heavy atom. The van der Waals surface area contributed by atoms with E-state index in [0.29, 0.717) is 5.89 Å². The monoisotopic (exact) mass is 608 g/mol. The molecule has 0 aliphatic carbocycles. The number of benzene rings is 7. The smallest absolute Gasteiger partial charge is 0.227 e. The highest BCUT2D eigenvalue weighted by molar-refractivity contribution is 7.25.